The van der Waals surface area contributed by atoms with Crippen molar-refractivity contribution >= 4 is 11.8 Å². The summed E-state index contributed by atoms with van der Waals surface area (Å²) in [6, 6.07) is 6.20. The zero-order valence-corrected chi connectivity index (χ0v) is 11.1. The maximum absolute atomic E-state index is 13.4. The Labute approximate surface area is 106 Å². The molecule has 3 heteroatoms. The molecule has 1 saturated carbocycles. The lowest BCUT2D eigenvalue weighted by atomic mass is 9.91. The van der Waals surface area contributed by atoms with Crippen LogP contribution >= 0.6 is 11.8 Å². The molecule has 0 aromatic heterocycles. The summed E-state index contributed by atoms with van der Waals surface area (Å²) in [4.78, 5) is 1.25. The number of thioether (sulfide) groups is 1. The first-order chi connectivity index (χ1) is 8.15. The third-order valence-corrected chi connectivity index (χ3v) is 5.31. The van der Waals surface area contributed by atoms with Crippen molar-refractivity contribution in [2.24, 2.45) is 5.92 Å². The van der Waals surface area contributed by atoms with Gasteiger partial charge in [-0.25, -0.2) is 4.39 Å². The fraction of sp³-hybridized carbons (Fsp3) is 0.571. The van der Waals surface area contributed by atoms with Gasteiger partial charge < -0.3 is 5.32 Å². The summed E-state index contributed by atoms with van der Waals surface area (Å²) in [5.74, 6) is 0.434. The maximum Gasteiger partial charge on any atom is 0.123 e. The highest BCUT2D eigenvalue weighted by Crippen LogP contribution is 2.45. The fourth-order valence-corrected chi connectivity index (χ4v) is 3.72. The van der Waals surface area contributed by atoms with E-state index < -0.39 is 0 Å². The molecule has 1 aromatic carbocycles. The van der Waals surface area contributed by atoms with Gasteiger partial charge in [-0.3, -0.25) is 0 Å². The molecular formula is C14H18FNS. The summed E-state index contributed by atoms with van der Waals surface area (Å²) in [6.45, 7) is 4.54. The van der Waals surface area contributed by atoms with Crippen LogP contribution < -0.4 is 5.32 Å². The van der Waals surface area contributed by atoms with Gasteiger partial charge in [0.1, 0.15) is 5.82 Å². The van der Waals surface area contributed by atoms with Gasteiger partial charge >= 0.3 is 0 Å². The first kappa shape index (κ1) is 11.5. The number of nitrogens with one attached hydrogen (secondary N) is 1. The van der Waals surface area contributed by atoms with Crippen LogP contribution in [0.2, 0.25) is 0 Å². The number of fused-ring (bicyclic) bond motifs is 1. The van der Waals surface area contributed by atoms with Crippen LogP contribution in [0.25, 0.3) is 0 Å². The number of benzene rings is 1. The lowest BCUT2D eigenvalue weighted by Gasteiger charge is -2.36. The van der Waals surface area contributed by atoms with Crippen LogP contribution in [0.4, 0.5) is 4.39 Å². The molecule has 1 aliphatic heterocycles. The second-order valence-electron chi connectivity index (χ2n) is 5.28. The Hall–Kier alpha value is -0.540. The van der Waals surface area contributed by atoms with Gasteiger partial charge in [-0.1, -0.05) is 13.8 Å². The van der Waals surface area contributed by atoms with Gasteiger partial charge in [0, 0.05) is 22.2 Å². The van der Waals surface area contributed by atoms with E-state index in [1.54, 1.807) is 12.1 Å². The third-order valence-electron chi connectivity index (χ3n) is 3.88. The Balaban J connectivity index is 1.96. The molecule has 17 heavy (non-hydrogen) atoms. The summed E-state index contributed by atoms with van der Waals surface area (Å²) in [5.41, 5.74) is 1.16. The molecule has 0 bridgehead atoms. The van der Waals surface area contributed by atoms with Crippen LogP contribution in [0.15, 0.2) is 23.1 Å². The van der Waals surface area contributed by atoms with Crippen molar-refractivity contribution in [2.75, 3.05) is 0 Å². The lowest BCUT2D eigenvalue weighted by molar-refractivity contribution is 0.368. The van der Waals surface area contributed by atoms with E-state index in [1.807, 2.05) is 17.8 Å². The van der Waals surface area contributed by atoms with Crippen molar-refractivity contribution in [3.63, 3.8) is 0 Å². The molecule has 1 nitrogen and oxygen atoms in total. The molecule has 1 aliphatic carbocycles. The van der Waals surface area contributed by atoms with E-state index in [2.05, 4.69) is 19.2 Å². The van der Waals surface area contributed by atoms with Gasteiger partial charge in [-0.2, -0.15) is 0 Å². The largest absolute Gasteiger partial charge is 0.307 e. The lowest BCUT2D eigenvalue weighted by Crippen LogP contribution is -2.35. The van der Waals surface area contributed by atoms with E-state index in [1.165, 1.54) is 17.7 Å². The van der Waals surface area contributed by atoms with Crippen LogP contribution in [0.5, 0.6) is 0 Å². The van der Waals surface area contributed by atoms with E-state index in [9.17, 15) is 4.39 Å². The molecule has 1 aromatic rings. The first-order valence-electron chi connectivity index (χ1n) is 6.37. The number of halogens is 1. The molecule has 1 fully saturated rings. The molecule has 1 N–H and O–H groups in total. The third kappa shape index (κ3) is 2.23. The topological polar surface area (TPSA) is 12.0 Å². The Kier molecular flexibility index (Phi) is 2.91. The van der Waals surface area contributed by atoms with Gasteiger partial charge in [0.05, 0.1) is 0 Å². The maximum atomic E-state index is 13.4. The quantitative estimate of drug-likeness (QED) is 0.859. The number of hydrogen-bond acceptors (Lipinski definition) is 2. The molecule has 0 spiro atoms. The zero-order valence-electron chi connectivity index (χ0n) is 10.2. The second kappa shape index (κ2) is 4.29. The van der Waals surface area contributed by atoms with E-state index in [0.29, 0.717) is 23.3 Å². The Morgan fingerprint density at radius 1 is 1.29 bits per heavy atom. The van der Waals surface area contributed by atoms with Crippen molar-refractivity contribution in [1.29, 1.82) is 0 Å². The van der Waals surface area contributed by atoms with Crippen molar-refractivity contribution in [3.8, 4) is 0 Å². The average Bonchev–Trinajstić information content (AvgIpc) is 3.10. The summed E-state index contributed by atoms with van der Waals surface area (Å²) in [6.07, 6.45) is 2.55. The van der Waals surface area contributed by atoms with Gasteiger partial charge in [0.25, 0.3) is 0 Å². The molecule has 0 saturated heterocycles. The summed E-state index contributed by atoms with van der Waals surface area (Å²) in [7, 11) is 0. The highest BCUT2D eigenvalue weighted by molar-refractivity contribution is 8.00. The standard InChI is InChI=1S/C14H18FNS/c1-8-9(2)17-13-6-3-10(15)7-12(13)14(8)16-11-4-5-11/h3,6-9,11,14,16H,4-5H2,1-2H3. The summed E-state index contributed by atoms with van der Waals surface area (Å²) >= 11 is 1.87. The van der Waals surface area contributed by atoms with Crippen LogP contribution in [0.1, 0.15) is 38.3 Å². The van der Waals surface area contributed by atoms with E-state index in [0.717, 1.165) is 5.56 Å². The Morgan fingerprint density at radius 3 is 2.76 bits per heavy atom. The average molecular weight is 251 g/mol. The van der Waals surface area contributed by atoms with Gasteiger partial charge in [-0.05, 0) is 42.5 Å². The van der Waals surface area contributed by atoms with Crippen molar-refractivity contribution < 1.29 is 4.39 Å². The molecule has 1 heterocycles. The van der Waals surface area contributed by atoms with E-state index in [-0.39, 0.29) is 5.82 Å². The minimum Gasteiger partial charge on any atom is -0.307 e. The molecule has 3 rings (SSSR count). The van der Waals surface area contributed by atoms with Crippen LogP contribution in [-0.4, -0.2) is 11.3 Å². The highest BCUT2D eigenvalue weighted by atomic mass is 32.2. The summed E-state index contributed by atoms with van der Waals surface area (Å²) in [5, 5.41) is 4.26. The molecule has 92 valence electrons. The Morgan fingerprint density at radius 2 is 2.06 bits per heavy atom. The van der Waals surface area contributed by atoms with Crippen LogP contribution in [0.3, 0.4) is 0 Å². The van der Waals surface area contributed by atoms with Crippen molar-refractivity contribution in [2.45, 2.75) is 48.9 Å². The minimum atomic E-state index is -0.117. The van der Waals surface area contributed by atoms with Crippen molar-refractivity contribution in [1.82, 2.24) is 5.32 Å². The molecule has 3 atom stereocenters. The Bertz CT molecular complexity index is 430. The summed E-state index contributed by atoms with van der Waals surface area (Å²) < 4.78 is 13.4. The number of hydrogen-bond donors (Lipinski definition) is 1. The SMILES string of the molecule is CC1Sc2ccc(F)cc2C(NC2CC2)C1C. The molecular weight excluding hydrogens is 233 g/mol. The van der Waals surface area contributed by atoms with Gasteiger partial charge in [0.2, 0.25) is 0 Å². The molecule has 0 radical (unpaired) electrons. The smallest absolute Gasteiger partial charge is 0.123 e. The second-order valence-corrected chi connectivity index (χ2v) is 6.70. The first-order valence-corrected chi connectivity index (χ1v) is 7.25. The molecule has 2 aliphatic rings. The molecule has 3 unspecified atom stereocenters. The van der Waals surface area contributed by atoms with E-state index in [4.69, 9.17) is 0 Å². The predicted molar refractivity (Wildman–Crippen MR) is 69.8 cm³/mol. The normalized spacial score (nSPS) is 32.3. The van der Waals surface area contributed by atoms with Crippen LogP contribution in [0, 0.1) is 11.7 Å². The monoisotopic (exact) mass is 251 g/mol. The van der Waals surface area contributed by atoms with Gasteiger partial charge in [-0.15, -0.1) is 11.8 Å². The zero-order chi connectivity index (χ0) is 12.0. The van der Waals surface area contributed by atoms with Crippen LogP contribution in [-0.2, 0) is 0 Å². The minimum absolute atomic E-state index is 0.117. The predicted octanol–water partition coefficient (Wildman–Crippen LogP) is 3.75. The fourth-order valence-electron chi connectivity index (χ4n) is 2.48. The number of rotatable bonds is 2. The van der Waals surface area contributed by atoms with Crippen molar-refractivity contribution in [3.05, 3.63) is 29.6 Å². The van der Waals surface area contributed by atoms with E-state index >= 15 is 0 Å². The highest BCUT2D eigenvalue weighted by Gasteiger charge is 2.35. The molecule has 0 amide bonds. The van der Waals surface area contributed by atoms with Gasteiger partial charge in [0.15, 0.2) is 0 Å².